The van der Waals surface area contributed by atoms with Crippen LogP contribution in [0.15, 0.2) is 41.1 Å². The van der Waals surface area contributed by atoms with Crippen molar-refractivity contribution in [2.24, 2.45) is 5.73 Å². The highest BCUT2D eigenvalue weighted by Crippen LogP contribution is 2.15. The average molecular weight is 286 g/mol. The lowest BCUT2D eigenvalue weighted by atomic mass is 10.2. The first-order chi connectivity index (χ1) is 10.3. The van der Waals surface area contributed by atoms with Crippen LogP contribution < -0.4 is 10.6 Å². The predicted octanol–water partition coefficient (Wildman–Crippen LogP) is 1.10. The fourth-order valence-electron chi connectivity index (χ4n) is 2.46. The molecule has 6 nitrogen and oxygen atoms in total. The van der Waals surface area contributed by atoms with Gasteiger partial charge in [-0.2, -0.15) is 0 Å². The largest absolute Gasteiger partial charge is 0.467 e. The number of hydrogen-bond acceptors (Lipinski definition) is 5. The first-order valence-electron chi connectivity index (χ1n) is 7.00. The summed E-state index contributed by atoms with van der Waals surface area (Å²) in [6.45, 7) is 3.23. The highest BCUT2D eigenvalue weighted by molar-refractivity contribution is 5.94. The summed E-state index contributed by atoms with van der Waals surface area (Å²) in [6, 6.07) is 7.57. The summed E-state index contributed by atoms with van der Waals surface area (Å²) in [5, 5.41) is 0. The van der Waals surface area contributed by atoms with Crippen molar-refractivity contribution in [3.8, 4) is 0 Å². The number of amides is 1. The van der Waals surface area contributed by atoms with E-state index in [1.54, 1.807) is 12.3 Å². The van der Waals surface area contributed by atoms with E-state index in [0.29, 0.717) is 31.0 Å². The Balaban J connectivity index is 1.61. The van der Waals surface area contributed by atoms with E-state index >= 15 is 0 Å². The first-order valence-corrected chi connectivity index (χ1v) is 7.00. The molecule has 1 fully saturated rings. The smallest absolute Gasteiger partial charge is 0.257 e. The van der Waals surface area contributed by atoms with E-state index in [1.165, 1.54) is 6.26 Å². The van der Waals surface area contributed by atoms with Gasteiger partial charge in [0.15, 0.2) is 0 Å². The molecule has 1 aliphatic rings. The fourth-order valence-corrected chi connectivity index (χ4v) is 2.46. The molecule has 0 aliphatic carbocycles. The van der Waals surface area contributed by atoms with Crippen LogP contribution in [0.4, 0.5) is 5.82 Å². The zero-order valence-corrected chi connectivity index (χ0v) is 11.7. The maximum absolute atomic E-state index is 12.4. The van der Waals surface area contributed by atoms with Crippen LogP contribution in [-0.4, -0.2) is 42.0 Å². The molecule has 2 aromatic heterocycles. The monoisotopic (exact) mass is 286 g/mol. The second kappa shape index (κ2) is 5.97. The Morgan fingerprint density at radius 2 is 2.10 bits per heavy atom. The normalized spacial score (nSPS) is 15.3. The summed E-state index contributed by atoms with van der Waals surface area (Å²) in [4.78, 5) is 20.7. The number of anilines is 1. The van der Waals surface area contributed by atoms with Gasteiger partial charge in [0.05, 0.1) is 12.1 Å². The van der Waals surface area contributed by atoms with Gasteiger partial charge in [-0.3, -0.25) is 4.79 Å². The molecule has 21 heavy (non-hydrogen) atoms. The Bertz CT molecular complexity index is 603. The molecule has 2 N–H and O–H groups in total. The minimum atomic E-state index is -0.000814. The highest BCUT2D eigenvalue weighted by atomic mass is 16.3. The highest BCUT2D eigenvalue weighted by Gasteiger charge is 2.23. The molecule has 2 aromatic rings. The Hall–Kier alpha value is -2.34. The van der Waals surface area contributed by atoms with Crippen molar-refractivity contribution in [2.45, 2.75) is 6.54 Å². The van der Waals surface area contributed by atoms with Gasteiger partial charge >= 0.3 is 0 Å². The second-order valence-corrected chi connectivity index (χ2v) is 4.97. The summed E-state index contributed by atoms with van der Waals surface area (Å²) in [6.07, 6.45) is 3.27. The zero-order valence-electron chi connectivity index (χ0n) is 11.7. The number of furan rings is 1. The molecule has 3 heterocycles. The van der Waals surface area contributed by atoms with Crippen LogP contribution in [0.3, 0.4) is 0 Å². The molecular formula is C15H18N4O2. The number of nitrogens with zero attached hydrogens (tertiary/aromatic N) is 3. The molecule has 1 aliphatic heterocycles. The Kier molecular flexibility index (Phi) is 3.87. The fraction of sp³-hybridized carbons (Fsp3) is 0.333. The van der Waals surface area contributed by atoms with Crippen molar-refractivity contribution >= 4 is 11.7 Å². The van der Waals surface area contributed by atoms with E-state index in [2.05, 4.69) is 9.88 Å². The lowest BCUT2D eigenvalue weighted by Gasteiger charge is -2.35. The standard InChI is InChI=1S/C15H18N4O2/c16-10-13-9-12(11-21-13)15(20)19-7-5-18(6-8-19)14-3-1-2-4-17-14/h1-4,9,11H,5-8,10,16H2. The molecule has 6 heteroatoms. The van der Waals surface area contributed by atoms with Crippen LogP contribution in [0.5, 0.6) is 0 Å². The third-order valence-electron chi connectivity index (χ3n) is 3.64. The lowest BCUT2D eigenvalue weighted by Crippen LogP contribution is -2.49. The van der Waals surface area contributed by atoms with Gasteiger partial charge < -0.3 is 20.0 Å². The van der Waals surface area contributed by atoms with E-state index in [0.717, 1.165) is 18.9 Å². The van der Waals surface area contributed by atoms with Crippen molar-refractivity contribution in [3.63, 3.8) is 0 Å². The summed E-state index contributed by atoms with van der Waals surface area (Å²) >= 11 is 0. The van der Waals surface area contributed by atoms with E-state index in [4.69, 9.17) is 10.2 Å². The second-order valence-electron chi connectivity index (χ2n) is 4.97. The number of nitrogens with two attached hydrogens (primary N) is 1. The number of pyridine rings is 1. The van der Waals surface area contributed by atoms with Crippen LogP contribution in [0.25, 0.3) is 0 Å². The average Bonchev–Trinajstić information content (AvgIpc) is 3.04. The van der Waals surface area contributed by atoms with Gasteiger partial charge in [0.1, 0.15) is 17.8 Å². The minimum Gasteiger partial charge on any atom is -0.467 e. The summed E-state index contributed by atoms with van der Waals surface area (Å²) < 4.78 is 5.22. The summed E-state index contributed by atoms with van der Waals surface area (Å²) in [5.41, 5.74) is 6.06. The van der Waals surface area contributed by atoms with Crippen molar-refractivity contribution < 1.29 is 9.21 Å². The summed E-state index contributed by atoms with van der Waals surface area (Å²) in [5.74, 6) is 1.59. The maximum Gasteiger partial charge on any atom is 0.257 e. The molecule has 0 aromatic carbocycles. The molecular weight excluding hydrogens is 268 g/mol. The molecule has 0 spiro atoms. The van der Waals surface area contributed by atoms with Gasteiger partial charge in [0.2, 0.25) is 0 Å². The Morgan fingerprint density at radius 1 is 1.29 bits per heavy atom. The number of aromatic nitrogens is 1. The molecule has 0 radical (unpaired) electrons. The summed E-state index contributed by atoms with van der Waals surface area (Å²) in [7, 11) is 0. The van der Waals surface area contributed by atoms with Crippen LogP contribution in [-0.2, 0) is 6.54 Å². The van der Waals surface area contributed by atoms with Crippen molar-refractivity contribution in [2.75, 3.05) is 31.1 Å². The quantitative estimate of drug-likeness (QED) is 0.914. The predicted molar refractivity (Wildman–Crippen MR) is 79.0 cm³/mol. The molecule has 3 rings (SSSR count). The van der Waals surface area contributed by atoms with E-state index in [-0.39, 0.29) is 5.91 Å². The molecule has 0 atom stereocenters. The van der Waals surface area contributed by atoms with Gasteiger partial charge in [-0.15, -0.1) is 0 Å². The number of rotatable bonds is 3. The molecule has 1 saturated heterocycles. The van der Waals surface area contributed by atoms with Crippen LogP contribution in [0, 0.1) is 0 Å². The molecule has 110 valence electrons. The molecule has 1 amide bonds. The SMILES string of the molecule is NCc1cc(C(=O)N2CCN(c3ccccn3)CC2)co1. The number of piperazine rings is 1. The molecule has 0 unspecified atom stereocenters. The van der Waals surface area contributed by atoms with Gasteiger partial charge in [-0.25, -0.2) is 4.98 Å². The van der Waals surface area contributed by atoms with Crippen molar-refractivity contribution in [3.05, 3.63) is 48.0 Å². The number of carbonyl (C=O) groups excluding carboxylic acids is 1. The van der Waals surface area contributed by atoms with Gasteiger partial charge in [0, 0.05) is 32.4 Å². The van der Waals surface area contributed by atoms with Crippen LogP contribution >= 0.6 is 0 Å². The maximum atomic E-state index is 12.4. The minimum absolute atomic E-state index is 0.000814. The lowest BCUT2D eigenvalue weighted by molar-refractivity contribution is 0.0746. The van der Waals surface area contributed by atoms with Gasteiger partial charge in [-0.05, 0) is 18.2 Å². The van der Waals surface area contributed by atoms with Gasteiger partial charge in [-0.1, -0.05) is 6.07 Å². The topological polar surface area (TPSA) is 75.6 Å². The Labute approximate surface area is 123 Å². The molecule has 0 saturated carbocycles. The third-order valence-corrected chi connectivity index (χ3v) is 3.64. The number of hydrogen-bond donors (Lipinski definition) is 1. The molecule has 0 bridgehead atoms. The van der Waals surface area contributed by atoms with Crippen LogP contribution in [0.1, 0.15) is 16.1 Å². The first kappa shape index (κ1) is 13.6. The van der Waals surface area contributed by atoms with E-state index in [1.807, 2.05) is 23.1 Å². The number of carbonyl (C=O) groups is 1. The van der Waals surface area contributed by atoms with Crippen molar-refractivity contribution in [1.82, 2.24) is 9.88 Å². The van der Waals surface area contributed by atoms with E-state index in [9.17, 15) is 4.79 Å². The van der Waals surface area contributed by atoms with Gasteiger partial charge in [0.25, 0.3) is 5.91 Å². The van der Waals surface area contributed by atoms with Crippen molar-refractivity contribution in [1.29, 1.82) is 0 Å². The van der Waals surface area contributed by atoms with Crippen LogP contribution in [0.2, 0.25) is 0 Å². The Morgan fingerprint density at radius 3 is 2.71 bits per heavy atom. The zero-order chi connectivity index (χ0) is 14.7. The third kappa shape index (κ3) is 2.90. The van der Waals surface area contributed by atoms with E-state index < -0.39 is 0 Å².